The van der Waals surface area contributed by atoms with Crippen LogP contribution in [0, 0.1) is 25.2 Å². The van der Waals surface area contributed by atoms with Crippen LogP contribution in [0.1, 0.15) is 50.2 Å². The zero-order chi connectivity index (χ0) is 18.9. The van der Waals surface area contributed by atoms with Gasteiger partial charge in [0.05, 0.1) is 6.04 Å². The van der Waals surface area contributed by atoms with E-state index in [-0.39, 0.29) is 54.6 Å². The molecule has 1 aliphatic carbocycles. The Balaban J connectivity index is 0.00000196. The minimum absolute atomic E-state index is 0. The Hall–Kier alpha value is -1.64. The van der Waals surface area contributed by atoms with Crippen LogP contribution in [0.2, 0.25) is 0 Å². The van der Waals surface area contributed by atoms with E-state index in [4.69, 9.17) is 5.73 Å². The highest BCUT2D eigenvalue weighted by molar-refractivity contribution is 5.85. The lowest BCUT2D eigenvalue weighted by atomic mass is 10.1. The minimum Gasteiger partial charge on any atom is -0.354 e. The number of nitrogens with one attached hydrogen (secondary N) is 1. The van der Waals surface area contributed by atoms with Gasteiger partial charge in [-0.15, -0.1) is 24.8 Å². The quantitative estimate of drug-likeness (QED) is 0.666. The van der Waals surface area contributed by atoms with Crippen LogP contribution in [0.15, 0.2) is 12.4 Å². The van der Waals surface area contributed by atoms with Crippen molar-refractivity contribution in [2.24, 2.45) is 17.1 Å². The highest BCUT2D eigenvalue weighted by atomic mass is 35.5. The summed E-state index contributed by atoms with van der Waals surface area (Å²) in [5, 5.41) is 7.41. The van der Waals surface area contributed by atoms with E-state index in [1.54, 1.807) is 4.68 Å². The number of rotatable bonds is 8. The van der Waals surface area contributed by atoms with Gasteiger partial charge in [0, 0.05) is 30.9 Å². The number of imidazole rings is 1. The van der Waals surface area contributed by atoms with Gasteiger partial charge in [0.2, 0.25) is 5.91 Å². The van der Waals surface area contributed by atoms with Crippen LogP contribution in [-0.4, -0.2) is 36.8 Å². The number of nitrogens with zero attached hydrogens (tertiary/aromatic N) is 5. The molecule has 2 aromatic heterocycles. The van der Waals surface area contributed by atoms with Crippen molar-refractivity contribution in [2.45, 2.75) is 59.7 Å². The molecule has 0 bridgehead atoms. The summed E-state index contributed by atoms with van der Waals surface area (Å²) in [6, 6.07) is -0.233. The van der Waals surface area contributed by atoms with E-state index >= 15 is 0 Å². The summed E-state index contributed by atoms with van der Waals surface area (Å²) in [4.78, 5) is 21.1. The fraction of sp³-hybridized carbons (Fsp3) is 0.667. The van der Waals surface area contributed by atoms with Crippen molar-refractivity contribution in [2.75, 3.05) is 6.54 Å². The third-order valence-corrected chi connectivity index (χ3v) is 5.16. The molecule has 1 aliphatic rings. The molecular formula is C18H31Cl2N7O. The molecule has 0 spiro atoms. The largest absolute Gasteiger partial charge is 0.354 e. The van der Waals surface area contributed by atoms with Gasteiger partial charge in [0.15, 0.2) is 0 Å². The molecule has 2 heterocycles. The SMILES string of the molecule is Cc1nc([C@@H](N)C(C)C)n(CC(=O)NCC2(Cn3ccnc3C)CC2)n1.Cl.Cl. The third-order valence-electron chi connectivity index (χ3n) is 5.16. The Kier molecular flexibility index (Phi) is 8.46. The molecule has 10 heteroatoms. The van der Waals surface area contributed by atoms with E-state index in [2.05, 4.69) is 25.0 Å². The average molecular weight is 432 g/mol. The van der Waals surface area contributed by atoms with Crippen LogP contribution in [-0.2, 0) is 17.9 Å². The molecule has 0 aromatic carbocycles. The van der Waals surface area contributed by atoms with Gasteiger partial charge >= 0.3 is 0 Å². The number of nitrogens with two attached hydrogens (primary N) is 1. The van der Waals surface area contributed by atoms with Gasteiger partial charge in [-0.2, -0.15) is 5.10 Å². The second kappa shape index (κ2) is 9.71. The Morgan fingerprint density at radius 3 is 2.54 bits per heavy atom. The number of aromatic nitrogens is 5. The average Bonchev–Trinajstić information content (AvgIpc) is 3.09. The topological polar surface area (TPSA) is 104 Å². The minimum atomic E-state index is -0.233. The maximum atomic E-state index is 12.5. The van der Waals surface area contributed by atoms with Crippen molar-refractivity contribution in [1.82, 2.24) is 29.6 Å². The molecule has 1 fully saturated rings. The Bertz CT molecular complexity index is 783. The van der Waals surface area contributed by atoms with E-state index < -0.39 is 0 Å². The first-order valence-corrected chi connectivity index (χ1v) is 9.21. The van der Waals surface area contributed by atoms with Crippen molar-refractivity contribution in [1.29, 1.82) is 0 Å². The second-order valence-corrected chi connectivity index (χ2v) is 7.82. The van der Waals surface area contributed by atoms with Gasteiger partial charge in [-0.3, -0.25) is 4.79 Å². The van der Waals surface area contributed by atoms with E-state index in [0.29, 0.717) is 18.2 Å². The Labute approximate surface area is 178 Å². The van der Waals surface area contributed by atoms with Crippen LogP contribution in [0.5, 0.6) is 0 Å². The molecule has 3 N–H and O–H groups in total. The monoisotopic (exact) mass is 431 g/mol. The van der Waals surface area contributed by atoms with E-state index in [0.717, 1.165) is 25.2 Å². The predicted octanol–water partition coefficient (Wildman–Crippen LogP) is 2.19. The standard InChI is InChI=1S/C18H29N7O.2ClH/c1-12(2)16(19)17-22-13(3)23-25(17)9-15(26)21-10-18(5-6-18)11-24-8-7-20-14(24)4;;/h7-8,12,16H,5-6,9-11,19H2,1-4H3,(H,21,26);2*1H/t16-;;/m0../s1. The predicted molar refractivity (Wildman–Crippen MR) is 113 cm³/mol. The zero-order valence-corrected chi connectivity index (χ0v) is 18.5. The van der Waals surface area contributed by atoms with Crippen molar-refractivity contribution < 1.29 is 4.79 Å². The molecule has 1 saturated carbocycles. The molecule has 0 saturated heterocycles. The molecule has 28 heavy (non-hydrogen) atoms. The number of amides is 1. The summed E-state index contributed by atoms with van der Waals surface area (Å²) in [6.45, 7) is 9.60. The lowest BCUT2D eigenvalue weighted by Gasteiger charge is -2.19. The van der Waals surface area contributed by atoms with Crippen LogP contribution in [0.3, 0.4) is 0 Å². The lowest BCUT2D eigenvalue weighted by Crippen LogP contribution is -2.35. The summed E-state index contributed by atoms with van der Waals surface area (Å²) in [7, 11) is 0. The van der Waals surface area contributed by atoms with Gasteiger partial charge in [-0.25, -0.2) is 14.6 Å². The molecule has 0 radical (unpaired) electrons. The Morgan fingerprint density at radius 2 is 2.00 bits per heavy atom. The van der Waals surface area contributed by atoms with Gasteiger partial charge < -0.3 is 15.6 Å². The first kappa shape index (κ1) is 24.4. The van der Waals surface area contributed by atoms with Crippen molar-refractivity contribution >= 4 is 30.7 Å². The van der Waals surface area contributed by atoms with Gasteiger partial charge in [-0.05, 0) is 32.6 Å². The van der Waals surface area contributed by atoms with Crippen LogP contribution in [0.25, 0.3) is 0 Å². The molecule has 8 nitrogen and oxygen atoms in total. The third kappa shape index (κ3) is 5.68. The zero-order valence-electron chi connectivity index (χ0n) is 16.9. The maximum absolute atomic E-state index is 12.5. The van der Waals surface area contributed by atoms with Crippen molar-refractivity contribution in [3.8, 4) is 0 Å². The number of halogens is 2. The molecule has 0 aliphatic heterocycles. The van der Waals surface area contributed by atoms with E-state index in [1.807, 2.05) is 40.1 Å². The molecule has 0 unspecified atom stereocenters. The van der Waals surface area contributed by atoms with Crippen LogP contribution in [0.4, 0.5) is 0 Å². The van der Waals surface area contributed by atoms with E-state index in [9.17, 15) is 4.79 Å². The summed E-state index contributed by atoms with van der Waals surface area (Å²) in [5.41, 5.74) is 6.36. The maximum Gasteiger partial charge on any atom is 0.241 e. The molecular weight excluding hydrogens is 401 g/mol. The first-order valence-electron chi connectivity index (χ1n) is 9.21. The highest BCUT2D eigenvalue weighted by Gasteiger charge is 2.43. The fourth-order valence-corrected chi connectivity index (χ4v) is 3.11. The highest BCUT2D eigenvalue weighted by Crippen LogP contribution is 2.46. The van der Waals surface area contributed by atoms with Crippen LogP contribution >= 0.6 is 24.8 Å². The number of hydrogen-bond donors (Lipinski definition) is 2. The van der Waals surface area contributed by atoms with Gasteiger partial charge in [0.1, 0.15) is 24.0 Å². The molecule has 1 amide bonds. The summed E-state index contributed by atoms with van der Waals surface area (Å²) < 4.78 is 3.79. The summed E-state index contributed by atoms with van der Waals surface area (Å²) in [5.74, 6) is 2.49. The second-order valence-electron chi connectivity index (χ2n) is 7.82. The van der Waals surface area contributed by atoms with Crippen molar-refractivity contribution in [3.05, 3.63) is 29.9 Å². The van der Waals surface area contributed by atoms with Crippen molar-refractivity contribution in [3.63, 3.8) is 0 Å². The Morgan fingerprint density at radius 1 is 1.32 bits per heavy atom. The van der Waals surface area contributed by atoms with Gasteiger partial charge in [-0.1, -0.05) is 13.8 Å². The summed E-state index contributed by atoms with van der Waals surface area (Å²) in [6.07, 6.45) is 6.05. The number of carbonyl (C=O) groups excluding carboxylic acids is 1. The van der Waals surface area contributed by atoms with Crippen LogP contribution < -0.4 is 11.1 Å². The normalized spacial score (nSPS) is 15.5. The number of hydrogen-bond acceptors (Lipinski definition) is 5. The fourth-order valence-electron chi connectivity index (χ4n) is 3.11. The van der Waals surface area contributed by atoms with E-state index in [1.165, 1.54) is 0 Å². The summed E-state index contributed by atoms with van der Waals surface area (Å²) >= 11 is 0. The number of aryl methyl sites for hydroxylation is 2. The molecule has 3 rings (SSSR count). The number of carbonyl (C=O) groups is 1. The molecule has 1 atom stereocenters. The molecule has 2 aromatic rings. The lowest BCUT2D eigenvalue weighted by molar-refractivity contribution is -0.122. The first-order chi connectivity index (χ1) is 12.3. The van der Waals surface area contributed by atoms with Gasteiger partial charge in [0.25, 0.3) is 0 Å². The smallest absolute Gasteiger partial charge is 0.241 e. The molecule has 158 valence electrons.